The van der Waals surface area contributed by atoms with Gasteiger partial charge in [0.15, 0.2) is 0 Å². The van der Waals surface area contributed by atoms with E-state index in [1.54, 1.807) is 0 Å². The molecule has 3 heteroatoms. The van der Waals surface area contributed by atoms with Crippen molar-refractivity contribution in [2.24, 2.45) is 4.99 Å². The van der Waals surface area contributed by atoms with E-state index >= 15 is 0 Å². The Kier molecular flexibility index (Phi) is 2.38. The molecule has 0 rings (SSSR count). The maximum Gasteiger partial charge on any atom is 0.347 e. The molecular formula is C3H2ClNO. The zero-order valence-electron chi connectivity index (χ0n) is 2.94. The van der Waals surface area contributed by atoms with Crippen molar-refractivity contribution in [2.75, 3.05) is 0 Å². The zero-order valence-corrected chi connectivity index (χ0v) is 3.70. The summed E-state index contributed by atoms with van der Waals surface area (Å²) in [6.45, 7) is 3.00. The standard InChI is InChI=1S/C3H2ClNO/c1-2-5-3(4)6/h1H2. The highest BCUT2D eigenvalue weighted by atomic mass is 35.5. The lowest BCUT2D eigenvalue weighted by atomic mass is 11.1. The summed E-state index contributed by atoms with van der Waals surface area (Å²) >= 11 is 4.67. The topological polar surface area (TPSA) is 29.4 Å². The van der Waals surface area contributed by atoms with Crippen LogP contribution in [0.3, 0.4) is 0 Å². The van der Waals surface area contributed by atoms with Crippen molar-refractivity contribution >= 4 is 22.8 Å². The smallest absolute Gasteiger partial charge is 0.252 e. The molecule has 32 valence electrons. The van der Waals surface area contributed by atoms with Crippen molar-refractivity contribution < 1.29 is 4.79 Å². The summed E-state index contributed by atoms with van der Waals surface area (Å²) in [4.78, 5) is 12.4. The van der Waals surface area contributed by atoms with E-state index in [2.05, 4.69) is 23.2 Å². The van der Waals surface area contributed by atoms with Gasteiger partial charge in [-0.2, -0.15) is 4.99 Å². The number of carbonyl (C=O) groups excluding carboxylic acids is 1. The molecule has 0 radical (unpaired) electrons. The highest BCUT2D eigenvalue weighted by Crippen LogP contribution is 1.78. The van der Waals surface area contributed by atoms with Gasteiger partial charge in [-0.25, -0.2) is 0 Å². The van der Waals surface area contributed by atoms with Gasteiger partial charge in [0.1, 0.15) is 0 Å². The molecule has 0 aliphatic heterocycles. The molecule has 0 N–H and O–H groups in total. The van der Waals surface area contributed by atoms with Crippen LogP contribution in [0.1, 0.15) is 0 Å². The third kappa shape index (κ3) is 3.41. The van der Waals surface area contributed by atoms with E-state index in [4.69, 9.17) is 0 Å². The molecule has 0 saturated heterocycles. The van der Waals surface area contributed by atoms with Crippen molar-refractivity contribution in [1.82, 2.24) is 0 Å². The number of nitrogens with zero attached hydrogens (tertiary/aromatic N) is 1. The molecule has 0 fully saturated rings. The van der Waals surface area contributed by atoms with Gasteiger partial charge in [-0.05, 0) is 24.0 Å². The van der Waals surface area contributed by atoms with Gasteiger partial charge in [-0.3, -0.25) is 4.79 Å². The number of aliphatic imine (C=N–C) groups is 1. The number of rotatable bonds is 0. The van der Waals surface area contributed by atoms with Crippen LogP contribution in [0.2, 0.25) is 0 Å². The number of hydrogen-bond acceptors (Lipinski definition) is 1. The van der Waals surface area contributed by atoms with Crippen LogP contribution in [0.5, 0.6) is 0 Å². The van der Waals surface area contributed by atoms with Gasteiger partial charge in [-0.15, -0.1) is 0 Å². The van der Waals surface area contributed by atoms with Gasteiger partial charge in [0.2, 0.25) is 0 Å². The summed E-state index contributed by atoms with van der Waals surface area (Å²) < 4.78 is 0. The maximum absolute atomic E-state index is 9.54. The van der Waals surface area contributed by atoms with Crippen molar-refractivity contribution in [3.63, 3.8) is 0 Å². The lowest BCUT2D eigenvalue weighted by Gasteiger charge is -1.60. The van der Waals surface area contributed by atoms with E-state index in [0.717, 1.165) is 0 Å². The first kappa shape index (κ1) is 5.41. The van der Waals surface area contributed by atoms with Crippen LogP contribution in [-0.2, 0) is 0 Å². The molecule has 0 atom stereocenters. The van der Waals surface area contributed by atoms with E-state index in [-0.39, 0.29) is 0 Å². The first-order valence-corrected chi connectivity index (χ1v) is 1.57. The molecule has 0 aliphatic carbocycles. The third-order valence-electron chi connectivity index (χ3n) is 0.167. The van der Waals surface area contributed by atoms with Crippen molar-refractivity contribution in [3.05, 3.63) is 6.58 Å². The molecule has 2 nitrogen and oxygen atoms in total. The average Bonchev–Trinajstić information content (AvgIpc) is 1.35. The SMILES string of the molecule is C=C=NC(=O)Cl. The molecule has 0 unspecified atom stereocenters. The van der Waals surface area contributed by atoms with Crippen molar-refractivity contribution in [1.29, 1.82) is 0 Å². The monoisotopic (exact) mass is 103 g/mol. The Morgan fingerprint density at radius 1 is 2.00 bits per heavy atom. The minimum atomic E-state index is -0.787. The molecule has 0 heterocycles. The third-order valence-corrected chi connectivity index (χ3v) is 0.251. The van der Waals surface area contributed by atoms with Gasteiger partial charge in [-0.1, -0.05) is 0 Å². The minimum absolute atomic E-state index is 0.787. The Hall–Kier alpha value is -0.590. The lowest BCUT2D eigenvalue weighted by Crippen LogP contribution is -1.66. The molecule has 0 spiro atoms. The van der Waals surface area contributed by atoms with Crippen LogP contribution in [0.4, 0.5) is 4.79 Å². The fourth-order valence-electron chi connectivity index (χ4n) is 0.0622. The van der Waals surface area contributed by atoms with E-state index in [9.17, 15) is 4.79 Å². The van der Waals surface area contributed by atoms with E-state index in [1.165, 1.54) is 0 Å². The lowest BCUT2D eigenvalue weighted by molar-refractivity contribution is 0.266. The molecule has 0 aliphatic rings. The van der Waals surface area contributed by atoms with Crippen molar-refractivity contribution in [3.8, 4) is 0 Å². The normalized spacial score (nSPS) is 6.17. The summed E-state index contributed by atoms with van der Waals surface area (Å²) in [5.74, 6) is 1.96. The molecular weight excluding hydrogens is 101 g/mol. The van der Waals surface area contributed by atoms with E-state index < -0.39 is 5.37 Å². The number of hydrogen-bond donors (Lipinski definition) is 0. The number of halogens is 1. The zero-order chi connectivity index (χ0) is 4.99. The fourth-order valence-corrected chi connectivity index (χ4v) is 0.122. The second kappa shape index (κ2) is 2.64. The highest BCUT2D eigenvalue weighted by molar-refractivity contribution is 6.63. The van der Waals surface area contributed by atoms with Gasteiger partial charge in [0, 0.05) is 0 Å². The predicted molar refractivity (Wildman–Crippen MR) is 24.3 cm³/mol. The Bertz CT molecular complexity index is 103. The summed E-state index contributed by atoms with van der Waals surface area (Å²) in [5, 5.41) is -0.787. The second-order valence-electron chi connectivity index (χ2n) is 0.523. The summed E-state index contributed by atoms with van der Waals surface area (Å²) in [6.07, 6.45) is 0. The van der Waals surface area contributed by atoms with Gasteiger partial charge in [0.25, 0.3) is 0 Å². The van der Waals surface area contributed by atoms with E-state index in [0.29, 0.717) is 0 Å². The summed E-state index contributed by atoms with van der Waals surface area (Å²) in [6, 6.07) is 0. The molecule has 0 aromatic heterocycles. The Morgan fingerprint density at radius 2 is 2.50 bits per heavy atom. The molecule has 0 saturated carbocycles. The molecule has 0 aromatic carbocycles. The molecule has 0 aromatic rings. The number of amides is 1. The van der Waals surface area contributed by atoms with Crippen LogP contribution in [0.25, 0.3) is 0 Å². The van der Waals surface area contributed by atoms with Crippen LogP contribution in [0, 0.1) is 0 Å². The summed E-state index contributed by atoms with van der Waals surface area (Å²) in [5.41, 5.74) is 0. The molecule has 6 heavy (non-hydrogen) atoms. The second-order valence-corrected chi connectivity index (χ2v) is 0.846. The maximum atomic E-state index is 9.54. The Morgan fingerprint density at radius 3 is 2.50 bits per heavy atom. The fraction of sp³-hybridized carbons (Fsp3) is 0. The average molecular weight is 104 g/mol. The molecule has 0 bridgehead atoms. The Balaban J connectivity index is 3.60. The van der Waals surface area contributed by atoms with Gasteiger partial charge >= 0.3 is 5.37 Å². The first-order valence-electron chi connectivity index (χ1n) is 1.19. The highest BCUT2D eigenvalue weighted by Gasteiger charge is 1.78. The quantitative estimate of drug-likeness (QED) is 0.257. The predicted octanol–water partition coefficient (Wildman–Crippen LogP) is 1.20. The van der Waals surface area contributed by atoms with Crippen LogP contribution in [0.15, 0.2) is 11.6 Å². The van der Waals surface area contributed by atoms with E-state index in [1.807, 2.05) is 5.87 Å². The van der Waals surface area contributed by atoms with Crippen LogP contribution >= 0.6 is 11.6 Å². The summed E-state index contributed by atoms with van der Waals surface area (Å²) in [7, 11) is 0. The largest absolute Gasteiger partial charge is 0.347 e. The van der Waals surface area contributed by atoms with Crippen LogP contribution in [-0.4, -0.2) is 11.2 Å². The minimum Gasteiger partial charge on any atom is -0.252 e. The van der Waals surface area contributed by atoms with Crippen LogP contribution < -0.4 is 0 Å². The van der Waals surface area contributed by atoms with Crippen molar-refractivity contribution in [2.45, 2.75) is 0 Å². The Labute approximate surface area is 40.1 Å². The van der Waals surface area contributed by atoms with Gasteiger partial charge in [0.05, 0.1) is 0 Å². The van der Waals surface area contributed by atoms with Gasteiger partial charge < -0.3 is 0 Å². The first-order chi connectivity index (χ1) is 2.77. The molecule has 1 amide bonds. The number of carbonyl (C=O) groups is 1.